The van der Waals surface area contributed by atoms with Crippen LogP contribution in [0, 0.1) is 0 Å². The van der Waals surface area contributed by atoms with Crippen molar-refractivity contribution in [2.45, 2.75) is 51.7 Å². The average molecular weight is 456 g/mol. The molecule has 6 N–H and O–H groups in total. The molecule has 0 fully saturated rings. The summed E-state index contributed by atoms with van der Waals surface area (Å²) in [6.45, 7) is 6.27. The van der Waals surface area contributed by atoms with E-state index in [0.717, 1.165) is 0 Å². The molecule has 0 aromatic rings. The topological polar surface area (TPSA) is 179 Å². The Morgan fingerprint density at radius 2 is 1.04 bits per heavy atom. The summed E-state index contributed by atoms with van der Waals surface area (Å²) in [5.74, 6) is 0.802. The van der Waals surface area contributed by atoms with E-state index in [0.29, 0.717) is 0 Å². The molecule has 0 amide bonds. The summed E-state index contributed by atoms with van der Waals surface area (Å²) in [5.41, 5.74) is 7.90. The average Bonchev–Trinajstić information content (AvgIpc) is 2.35. The molecule has 4 atom stereocenters. The van der Waals surface area contributed by atoms with Crippen LogP contribution in [0.3, 0.4) is 0 Å². The van der Waals surface area contributed by atoms with Crippen LogP contribution in [0.5, 0.6) is 0 Å². The molecule has 4 unspecified atom stereocenters. The minimum atomic E-state index is -4.12. The molecule has 0 bridgehead atoms. The number of hydrogen-bond acceptors (Lipinski definition) is 6. The highest BCUT2D eigenvalue weighted by Crippen LogP contribution is 2.39. The van der Waals surface area contributed by atoms with Crippen LogP contribution in [0.15, 0.2) is 0 Å². The van der Waals surface area contributed by atoms with Crippen molar-refractivity contribution in [1.29, 1.82) is 0 Å². The van der Waals surface area contributed by atoms with Crippen molar-refractivity contribution in [2.75, 3.05) is 23.0 Å². The van der Waals surface area contributed by atoms with Gasteiger partial charge in [0.2, 0.25) is 0 Å². The molecule has 0 aromatic carbocycles. The highest BCUT2D eigenvalue weighted by molar-refractivity contribution is 7.88. The molecule has 0 aliphatic carbocycles. The molecule has 26 heavy (non-hydrogen) atoms. The lowest BCUT2D eigenvalue weighted by molar-refractivity contribution is 0.0884. The van der Waals surface area contributed by atoms with E-state index in [1.807, 2.05) is 0 Å². The molecule has 158 valence electrons. The third-order valence-corrected chi connectivity index (χ3v) is 7.57. The van der Waals surface area contributed by atoms with E-state index < -0.39 is 48.3 Å². The van der Waals surface area contributed by atoms with E-state index >= 15 is 0 Å². The van der Waals surface area contributed by atoms with E-state index in [9.17, 15) is 17.5 Å². The summed E-state index contributed by atoms with van der Waals surface area (Å²) in [4.78, 5) is 18.1. The minimum Gasteiger partial charge on any atom is -0.313 e. The Bertz CT molecular complexity index is 550. The monoisotopic (exact) mass is 456 g/mol. The van der Waals surface area contributed by atoms with Crippen LogP contribution in [-0.2, 0) is 39.8 Å². The van der Waals surface area contributed by atoms with E-state index in [-0.39, 0.29) is 35.9 Å². The molecule has 0 spiro atoms. The lowest BCUT2D eigenvalue weighted by Gasteiger charge is -2.26. The highest BCUT2D eigenvalue weighted by atomic mass is 32.2. The summed E-state index contributed by atoms with van der Waals surface area (Å²) in [6, 6.07) is 0. The van der Waals surface area contributed by atoms with E-state index in [2.05, 4.69) is 0 Å². The first-order valence-electron chi connectivity index (χ1n) is 7.75. The van der Waals surface area contributed by atoms with Gasteiger partial charge in [-0.15, -0.1) is 0 Å². The van der Waals surface area contributed by atoms with Crippen molar-refractivity contribution in [3.63, 3.8) is 0 Å². The first kappa shape index (κ1) is 26.5. The van der Waals surface area contributed by atoms with Crippen LogP contribution in [0.4, 0.5) is 0 Å². The molecule has 0 radical (unpaired) electrons. The second kappa shape index (κ2) is 10.3. The van der Waals surface area contributed by atoms with Gasteiger partial charge in [0, 0.05) is 44.6 Å². The van der Waals surface area contributed by atoms with Crippen molar-refractivity contribution in [3.05, 3.63) is 0 Å². The van der Waals surface area contributed by atoms with Crippen LogP contribution in [0.2, 0.25) is 0 Å². The molecule has 0 rings (SSSR count). The molecule has 0 saturated heterocycles. The maximum atomic E-state index is 12.0. The Balaban J connectivity index is 4.22. The molecule has 0 aliphatic heterocycles. The van der Waals surface area contributed by atoms with E-state index in [4.69, 9.17) is 29.8 Å². The van der Waals surface area contributed by atoms with Gasteiger partial charge in [0.25, 0.3) is 0 Å². The Kier molecular flexibility index (Phi) is 10.5. The molecular formula is C12H30N2O8P2S2. The molecule has 14 heteroatoms. The zero-order valence-electron chi connectivity index (χ0n) is 15.5. The van der Waals surface area contributed by atoms with Crippen molar-refractivity contribution >= 4 is 37.1 Å². The zero-order valence-corrected chi connectivity index (χ0v) is 18.9. The van der Waals surface area contributed by atoms with Crippen LogP contribution in [0.1, 0.15) is 40.5 Å². The van der Waals surface area contributed by atoms with Crippen molar-refractivity contribution in [3.8, 4) is 0 Å². The van der Waals surface area contributed by atoms with Crippen LogP contribution >= 0.6 is 15.5 Å². The summed E-state index contributed by atoms with van der Waals surface area (Å²) >= 11 is 0. The second-order valence-corrected chi connectivity index (χ2v) is 13.0. The third kappa shape index (κ3) is 15.6. The van der Waals surface area contributed by atoms with Gasteiger partial charge in [-0.2, -0.15) is 0 Å². The van der Waals surface area contributed by atoms with Gasteiger partial charge >= 0.3 is 15.5 Å². The SMILES string of the molecule is CC(C)(CCS(=O)CCS(=O)CCC(C)(C)OP(N)(=O)O)OP(N)(=O)O. The van der Waals surface area contributed by atoms with Gasteiger partial charge in [0.1, 0.15) is 0 Å². The van der Waals surface area contributed by atoms with Crippen LogP contribution < -0.4 is 11.0 Å². The molecule has 0 aromatic heterocycles. The van der Waals surface area contributed by atoms with E-state index in [1.54, 1.807) is 27.7 Å². The third-order valence-electron chi connectivity index (χ3n) is 3.16. The molecular weight excluding hydrogens is 426 g/mol. The zero-order chi connectivity index (χ0) is 20.8. The van der Waals surface area contributed by atoms with Crippen molar-refractivity contribution in [1.82, 2.24) is 0 Å². The molecule has 0 heterocycles. The Morgan fingerprint density at radius 3 is 1.27 bits per heavy atom. The van der Waals surface area contributed by atoms with Gasteiger partial charge in [-0.1, -0.05) is 0 Å². The first-order valence-corrected chi connectivity index (χ1v) is 14.0. The maximum absolute atomic E-state index is 12.0. The molecule has 0 aliphatic rings. The Hall–Kier alpha value is 0.520. The van der Waals surface area contributed by atoms with Gasteiger partial charge < -0.3 is 9.79 Å². The lowest BCUT2D eigenvalue weighted by Crippen LogP contribution is -2.28. The number of nitrogens with two attached hydrogens (primary N) is 2. The predicted octanol–water partition coefficient (Wildman–Crippen LogP) is 0.973. The van der Waals surface area contributed by atoms with Crippen molar-refractivity contribution < 1.29 is 36.4 Å². The Morgan fingerprint density at radius 1 is 0.769 bits per heavy atom. The highest BCUT2D eigenvalue weighted by Gasteiger charge is 2.29. The standard InChI is InChI=1S/C12H30N2O8P2S2/c1-11(2,21-23(13,15)16)5-7-25(19)9-10-26(20)8-6-12(3,4)22-24(14,17)18/h5-10H2,1-4H3,(H3,13,15,16)(H3,14,17,18). The maximum Gasteiger partial charge on any atom is 0.400 e. The van der Waals surface area contributed by atoms with Gasteiger partial charge in [-0.25, -0.2) is 20.1 Å². The quantitative estimate of drug-likeness (QED) is 0.292. The fourth-order valence-electron chi connectivity index (χ4n) is 1.91. The van der Waals surface area contributed by atoms with Crippen molar-refractivity contribution in [2.24, 2.45) is 11.0 Å². The van der Waals surface area contributed by atoms with Gasteiger partial charge in [0.05, 0.1) is 11.2 Å². The summed E-state index contributed by atoms with van der Waals surface area (Å²) < 4.78 is 55.8. The second-order valence-electron chi connectivity index (χ2n) is 7.03. The van der Waals surface area contributed by atoms with Crippen LogP contribution in [-0.4, -0.2) is 52.4 Å². The first-order chi connectivity index (χ1) is 11.4. The number of hydrogen-bond donors (Lipinski definition) is 4. The molecule has 0 saturated carbocycles. The fourth-order valence-corrected chi connectivity index (χ4v) is 6.84. The minimum absolute atomic E-state index is 0.193. The van der Waals surface area contributed by atoms with Gasteiger partial charge in [-0.3, -0.25) is 17.5 Å². The number of rotatable bonds is 13. The largest absolute Gasteiger partial charge is 0.400 e. The van der Waals surface area contributed by atoms with E-state index in [1.165, 1.54) is 0 Å². The smallest absolute Gasteiger partial charge is 0.313 e. The Labute approximate surface area is 159 Å². The molecule has 10 nitrogen and oxygen atoms in total. The van der Waals surface area contributed by atoms with Gasteiger partial charge in [-0.05, 0) is 40.5 Å². The fraction of sp³-hybridized carbons (Fsp3) is 1.00. The normalized spacial score (nSPS) is 20.2. The summed E-state index contributed by atoms with van der Waals surface area (Å²) in [5, 5.41) is 0. The summed E-state index contributed by atoms with van der Waals surface area (Å²) in [6.07, 6.45) is 0.494. The van der Waals surface area contributed by atoms with Crippen LogP contribution in [0.25, 0.3) is 0 Å². The predicted molar refractivity (Wildman–Crippen MR) is 103 cm³/mol. The lowest BCUT2D eigenvalue weighted by atomic mass is 10.1. The van der Waals surface area contributed by atoms with Gasteiger partial charge in [0.15, 0.2) is 0 Å². The summed E-state index contributed by atoms with van der Waals surface area (Å²) in [7, 11) is -10.8.